The van der Waals surface area contributed by atoms with Gasteiger partial charge in [-0.1, -0.05) is 36.0 Å². The lowest BCUT2D eigenvalue weighted by molar-refractivity contribution is -0.117. The van der Waals surface area contributed by atoms with Gasteiger partial charge in [-0.2, -0.15) is 0 Å². The third kappa shape index (κ3) is 3.37. The van der Waals surface area contributed by atoms with Crippen molar-refractivity contribution in [2.75, 3.05) is 11.4 Å². The largest absolute Gasteiger partial charge is 0.311 e. The van der Waals surface area contributed by atoms with Crippen LogP contribution in [0.4, 0.5) is 5.69 Å². The Morgan fingerprint density at radius 2 is 2.11 bits per heavy atom. The average Bonchev–Trinajstić information content (AvgIpc) is 3.09. The van der Waals surface area contributed by atoms with Crippen molar-refractivity contribution in [3.8, 4) is 0 Å². The average molecular weight is 411 g/mol. The number of benzene rings is 1. The molecule has 0 spiro atoms. The first-order valence-corrected chi connectivity index (χ1v) is 11.5. The van der Waals surface area contributed by atoms with E-state index in [9.17, 15) is 4.79 Å². The standard InChI is InChI=1S/C21H22N4OS2/c1-14(20(26)24-11-10-15-5-2-3-7-18(15)24)28-21-23-22-19(25(21)16-8-9-16)13-17-6-4-12-27-17/h2-7,12,14,16H,8-11,13H2,1H3. The summed E-state index contributed by atoms with van der Waals surface area (Å²) in [5.41, 5.74) is 2.31. The molecule has 2 aliphatic rings. The summed E-state index contributed by atoms with van der Waals surface area (Å²) in [5, 5.41) is 11.7. The number of fused-ring (bicyclic) bond motifs is 1. The number of amides is 1. The quantitative estimate of drug-likeness (QED) is 0.568. The summed E-state index contributed by atoms with van der Waals surface area (Å²) in [6, 6.07) is 12.9. The first-order valence-electron chi connectivity index (χ1n) is 9.73. The van der Waals surface area contributed by atoms with Gasteiger partial charge in [-0.25, -0.2) is 0 Å². The van der Waals surface area contributed by atoms with Crippen molar-refractivity contribution in [1.29, 1.82) is 0 Å². The van der Waals surface area contributed by atoms with Crippen LogP contribution in [0.25, 0.3) is 0 Å². The Bertz CT molecular complexity index is 994. The molecule has 5 nitrogen and oxygen atoms in total. The fourth-order valence-corrected chi connectivity index (χ4v) is 5.47. The Hall–Kier alpha value is -2.12. The van der Waals surface area contributed by atoms with Gasteiger partial charge in [0.2, 0.25) is 5.91 Å². The monoisotopic (exact) mass is 410 g/mol. The van der Waals surface area contributed by atoms with Crippen LogP contribution in [0.5, 0.6) is 0 Å². The number of thioether (sulfide) groups is 1. The lowest BCUT2D eigenvalue weighted by Crippen LogP contribution is -2.35. The number of hydrogen-bond donors (Lipinski definition) is 0. The smallest absolute Gasteiger partial charge is 0.240 e. The second kappa shape index (κ2) is 7.37. The molecule has 0 saturated heterocycles. The summed E-state index contributed by atoms with van der Waals surface area (Å²) < 4.78 is 2.27. The van der Waals surface area contributed by atoms with E-state index < -0.39 is 0 Å². The van der Waals surface area contributed by atoms with Crippen LogP contribution in [0, 0.1) is 0 Å². The maximum Gasteiger partial charge on any atom is 0.240 e. The fraction of sp³-hybridized carbons (Fsp3) is 0.381. The normalized spacial score (nSPS) is 17.0. The molecule has 28 heavy (non-hydrogen) atoms. The van der Waals surface area contributed by atoms with E-state index in [2.05, 4.69) is 38.3 Å². The Morgan fingerprint density at radius 3 is 2.89 bits per heavy atom. The lowest BCUT2D eigenvalue weighted by Gasteiger charge is -2.21. The number of para-hydroxylation sites is 1. The summed E-state index contributed by atoms with van der Waals surface area (Å²) >= 11 is 3.29. The minimum atomic E-state index is -0.192. The van der Waals surface area contributed by atoms with E-state index >= 15 is 0 Å². The molecule has 7 heteroatoms. The van der Waals surface area contributed by atoms with E-state index in [0.29, 0.717) is 6.04 Å². The summed E-state index contributed by atoms with van der Waals surface area (Å²) in [4.78, 5) is 16.3. The highest BCUT2D eigenvalue weighted by Crippen LogP contribution is 2.40. The predicted molar refractivity (Wildman–Crippen MR) is 113 cm³/mol. The topological polar surface area (TPSA) is 51.0 Å². The molecule has 1 saturated carbocycles. The number of hydrogen-bond acceptors (Lipinski definition) is 5. The number of nitrogens with zero attached hydrogens (tertiary/aromatic N) is 4. The van der Waals surface area contributed by atoms with Crippen molar-refractivity contribution in [3.63, 3.8) is 0 Å². The number of anilines is 1. The van der Waals surface area contributed by atoms with Gasteiger partial charge in [0, 0.05) is 29.6 Å². The second-order valence-corrected chi connectivity index (χ2v) is 9.72. The van der Waals surface area contributed by atoms with E-state index in [1.807, 2.05) is 30.0 Å². The molecule has 5 rings (SSSR count). The van der Waals surface area contributed by atoms with Gasteiger partial charge < -0.3 is 9.47 Å². The second-order valence-electron chi connectivity index (χ2n) is 7.38. The molecule has 1 fully saturated rings. The minimum absolute atomic E-state index is 0.153. The third-order valence-corrected chi connectivity index (χ3v) is 7.26. The van der Waals surface area contributed by atoms with Crippen molar-refractivity contribution in [1.82, 2.24) is 14.8 Å². The lowest BCUT2D eigenvalue weighted by atomic mass is 10.2. The zero-order valence-corrected chi connectivity index (χ0v) is 17.4. The van der Waals surface area contributed by atoms with Crippen molar-refractivity contribution in [2.24, 2.45) is 0 Å². The van der Waals surface area contributed by atoms with Crippen molar-refractivity contribution in [2.45, 2.75) is 49.1 Å². The molecule has 0 radical (unpaired) electrons. The number of carbonyl (C=O) groups is 1. The summed E-state index contributed by atoms with van der Waals surface area (Å²) in [6.07, 6.45) is 4.09. The Morgan fingerprint density at radius 1 is 1.25 bits per heavy atom. The molecule has 3 aromatic rings. The summed E-state index contributed by atoms with van der Waals surface area (Å²) in [7, 11) is 0. The van der Waals surface area contributed by atoms with Gasteiger partial charge in [0.05, 0.1) is 5.25 Å². The molecule has 2 aromatic heterocycles. The van der Waals surface area contributed by atoms with Crippen LogP contribution in [-0.4, -0.2) is 32.5 Å². The van der Waals surface area contributed by atoms with E-state index in [4.69, 9.17) is 0 Å². The molecular weight excluding hydrogens is 388 g/mol. The van der Waals surface area contributed by atoms with Gasteiger partial charge >= 0.3 is 0 Å². The van der Waals surface area contributed by atoms with E-state index in [-0.39, 0.29) is 11.2 Å². The Kier molecular flexibility index (Phi) is 4.72. The molecule has 1 aliphatic carbocycles. The highest BCUT2D eigenvalue weighted by atomic mass is 32.2. The number of aromatic nitrogens is 3. The molecule has 0 N–H and O–H groups in total. The van der Waals surface area contributed by atoms with Crippen LogP contribution in [0.3, 0.4) is 0 Å². The molecule has 144 valence electrons. The molecule has 1 unspecified atom stereocenters. The molecule has 1 atom stereocenters. The first kappa shape index (κ1) is 17.9. The van der Waals surface area contributed by atoms with Gasteiger partial charge in [0.25, 0.3) is 0 Å². The van der Waals surface area contributed by atoms with Gasteiger partial charge in [-0.3, -0.25) is 4.79 Å². The van der Waals surface area contributed by atoms with Crippen molar-refractivity contribution in [3.05, 3.63) is 58.0 Å². The van der Waals surface area contributed by atoms with Crippen LogP contribution >= 0.6 is 23.1 Å². The Labute approximate surface area is 172 Å². The van der Waals surface area contributed by atoms with Gasteiger partial charge in [-0.05, 0) is 49.3 Å². The molecule has 0 bridgehead atoms. The maximum atomic E-state index is 13.1. The fourth-order valence-electron chi connectivity index (χ4n) is 3.77. The van der Waals surface area contributed by atoms with Gasteiger partial charge in [-0.15, -0.1) is 21.5 Å². The predicted octanol–water partition coefficient (Wildman–Crippen LogP) is 4.34. The van der Waals surface area contributed by atoms with E-state index in [0.717, 1.165) is 36.1 Å². The van der Waals surface area contributed by atoms with E-state index in [1.54, 1.807) is 23.1 Å². The molecule has 1 amide bonds. The molecule has 1 aromatic carbocycles. The number of carbonyl (C=O) groups excluding carboxylic acids is 1. The van der Waals surface area contributed by atoms with Crippen molar-refractivity contribution < 1.29 is 4.79 Å². The third-order valence-electron chi connectivity index (χ3n) is 5.34. The zero-order chi connectivity index (χ0) is 19.1. The van der Waals surface area contributed by atoms with Gasteiger partial charge in [0.15, 0.2) is 5.16 Å². The zero-order valence-electron chi connectivity index (χ0n) is 15.7. The maximum absolute atomic E-state index is 13.1. The molecular formula is C21H22N4OS2. The SMILES string of the molecule is CC(Sc1nnc(Cc2cccs2)n1C1CC1)C(=O)N1CCc2ccccc21. The van der Waals surface area contributed by atoms with Crippen LogP contribution in [0.2, 0.25) is 0 Å². The number of thiophene rings is 1. The van der Waals surface area contributed by atoms with Crippen LogP contribution in [-0.2, 0) is 17.6 Å². The van der Waals surface area contributed by atoms with Crippen molar-refractivity contribution >= 4 is 34.7 Å². The highest BCUT2D eigenvalue weighted by molar-refractivity contribution is 8.00. The highest BCUT2D eigenvalue weighted by Gasteiger charge is 2.33. The minimum Gasteiger partial charge on any atom is -0.311 e. The molecule has 1 aliphatic heterocycles. The summed E-state index contributed by atoms with van der Waals surface area (Å²) in [5.74, 6) is 1.17. The first-order chi connectivity index (χ1) is 13.7. The van der Waals surface area contributed by atoms with Gasteiger partial charge in [0.1, 0.15) is 5.82 Å². The van der Waals surface area contributed by atoms with Crippen LogP contribution < -0.4 is 4.90 Å². The molecule has 3 heterocycles. The summed E-state index contributed by atoms with van der Waals surface area (Å²) in [6.45, 7) is 2.75. The van der Waals surface area contributed by atoms with Crippen LogP contribution in [0.15, 0.2) is 46.9 Å². The Balaban J connectivity index is 1.34. The van der Waals surface area contributed by atoms with E-state index in [1.165, 1.54) is 23.3 Å². The van der Waals surface area contributed by atoms with Crippen LogP contribution in [0.1, 0.15) is 42.1 Å². The number of rotatable bonds is 6.